The lowest BCUT2D eigenvalue weighted by atomic mass is 9.71. The summed E-state index contributed by atoms with van der Waals surface area (Å²) in [6, 6.07) is 1.64. The first-order valence-electron chi connectivity index (χ1n) is 7.05. The van der Waals surface area contributed by atoms with Gasteiger partial charge in [0.1, 0.15) is 12.0 Å². The van der Waals surface area contributed by atoms with E-state index >= 15 is 0 Å². The van der Waals surface area contributed by atoms with Crippen molar-refractivity contribution in [2.75, 3.05) is 6.54 Å². The van der Waals surface area contributed by atoms with Crippen LogP contribution in [0.1, 0.15) is 42.6 Å². The number of nitrogens with one attached hydrogen (secondary N) is 2. The van der Waals surface area contributed by atoms with Crippen molar-refractivity contribution >= 4 is 11.8 Å². The first kappa shape index (κ1) is 13.0. The molecule has 1 aromatic rings. The normalized spacial score (nSPS) is 29.2. The van der Waals surface area contributed by atoms with Crippen molar-refractivity contribution in [2.24, 2.45) is 5.41 Å². The molecule has 20 heavy (non-hydrogen) atoms. The van der Waals surface area contributed by atoms with E-state index in [1.54, 1.807) is 12.3 Å². The van der Waals surface area contributed by atoms with Crippen molar-refractivity contribution in [1.82, 2.24) is 20.6 Å². The van der Waals surface area contributed by atoms with E-state index in [0.717, 1.165) is 38.6 Å². The lowest BCUT2D eigenvalue weighted by molar-refractivity contribution is -0.129. The zero-order valence-electron chi connectivity index (χ0n) is 11.3. The standard InChI is InChI=1S/C14H18N4O2/c19-12(11-3-6-15-9-17-11)18-10-2-1-4-14(8-10)5-7-16-13(14)20/h3,6,9-10H,1-2,4-5,7-8H2,(H,16,20)(H,18,19)/t10-,14-/m0/s1. The summed E-state index contributed by atoms with van der Waals surface area (Å²) in [6.45, 7) is 0.755. The van der Waals surface area contributed by atoms with Crippen molar-refractivity contribution < 1.29 is 9.59 Å². The minimum absolute atomic E-state index is 0.0510. The molecule has 1 aliphatic carbocycles. The summed E-state index contributed by atoms with van der Waals surface area (Å²) in [5, 5.41) is 5.91. The highest BCUT2D eigenvalue weighted by atomic mass is 16.2. The van der Waals surface area contributed by atoms with Crippen LogP contribution in [-0.4, -0.2) is 34.4 Å². The van der Waals surface area contributed by atoms with Gasteiger partial charge in [-0.2, -0.15) is 0 Å². The molecule has 0 aromatic carbocycles. The molecule has 2 amide bonds. The quantitative estimate of drug-likeness (QED) is 0.829. The third-order valence-electron chi connectivity index (χ3n) is 4.37. The minimum Gasteiger partial charge on any atom is -0.356 e. The van der Waals surface area contributed by atoms with E-state index in [9.17, 15) is 9.59 Å². The molecule has 6 nitrogen and oxygen atoms in total. The van der Waals surface area contributed by atoms with E-state index < -0.39 is 0 Å². The lowest BCUT2D eigenvalue weighted by Crippen LogP contribution is -2.45. The Morgan fingerprint density at radius 3 is 3.05 bits per heavy atom. The summed E-state index contributed by atoms with van der Waals surface area (Å²) in [6.07, 6.45) is 7.35. The summed E-state index contributed by atoms with van der Waals surface area (Å²) < 4.78 is 0. The first-order chi connectivity index (χ1) is 9.70. The van der Waals surface area contributed by atoms with Gasteiger partial charge >= 0.3 is 0 Å². The topological polar surface area (TPSA) is 84.0 Å². The molecule has 1 spiro atoms. The maximum atomic E-state index is 12.1. The molecule has 1 saturated carbocycles. The van der Waals surface area contributed by atoms with Gasteiger partial charge in [0.25, 0.3) is 5.91 Å². The largest absolute Gasteiger partial charge is 0.356 e. The molecule has 2 atom stereocenters. The highest BCUT2D eigenvalue weighted by molar-refractivity contribution is 5.92. The van der Waals surface area contributed by atoms with Gasteiger partial charge in [0.2, 0.25) is 5.91 Å². The fourth-order valence-electron chi connectivity index (χ4n) is 3.32. The predicted molar refractivity (Wildman–Crippen MR) is 71.8 cm³/mol. The smallest absolute Gasteiger partial charge is 0.270 e. The molecular weight excluding hydrogens is 256 g/mol. The molecule has 3 rings (SSSR count). The van der Waals surface area contributed by atoms with Gasteiger partial charge in [0, 0.05) is 18.8 Å². The van der Waals surface area contributed by atoms with E-state index in [0.29, 0.717) is 5.69 Å². The number of aromatic nitrogens is 2. The minimum atomic E-state index is -0.262. The SMILES string of the molecule is O=C(N[C@H]1CCC[C@]2(CCNC2=O)C1)c1ccncn1. The molecule has 1 aliphatic heterocycles. The molecule has 106 valence electrons. The molecule has 0 unspecified atom stereocenters. The summed E-state index contributed by atoms with van der Waals surface area (Å²) in [5.74, 6) is -0.0358. The van der Waals surface area contributed by atoms with E-state index in [1.165, 1.54) is 6.33 Å². The molecule has 2 N–H and O–H groups in total. The molecule has 2 aliphatic rings. The van der Waals surface area contributed by atoms with E-state index in [4.69, 9.17) is 0 Å². The van der Waals surface area contributed by atoms with Gasteiger partial charge < -0.3 is 10.6 Å². The predicted octanol–water partition coefficient (Wildman–Crippen LogP) is 0.655. The van der Waals surface area contributed by atoms with Gasteiger partial charge in [-0.1, -0.05) is 6.42 Å². The van der Waals surface area contributed by atoms with Crippen LogP contribution in [0.3, 0.4) is 0 Å². The Bertz CT molecular complexity index is 519. The fraction of sp³-hybridized carbons (Fsp3) is 0.571. The number of hydrogen-bond donors (Lipinski definition) is 2. The Morgan fingerprint density at radius 1 is 1.45 bits per heavy atom. The van der Waals surface area contributed by atoms with Gasteiger partial charge in [0.05, 0.1) is 5.41 Å². The Morgan fingerprint density at radius 2 is 2.35 bits per heavy atom. The van der Waals surface area contributed by atoms with Crippen LogP contribution in [0.4, 0.5) is 0 Å². The average Bonchev–Trinajstić information content (AvgIpc) is 2.81. The van der Waals surface area contributed by atoms with Crippen LogP contribution in [0.2, 0.25) is 0 Å². The molecular formula is C14H18N4O2. The highest BCUT2D eigenvalue weighted by Gasteiger charge is 2.45. The molecule has 0 bridgehead atoms. The number of nitrogens with zero attached hydrogens (tertiary/aromatic N) is 2. The van der Waals surface area contributed by atoms with Crippen LogP contribution in [-0.2, 0) is 4.79 Å². The highest BCUT2D eigenvalue weighted by Crippen LogP contribution is 2.41. The zero-order valence-corrected chi connectivity index (χ0v) is 11.3. The average molecular weight is 274 g/mol. The molecule has 1 saturated heterocycles. The second-order valence-electron chi connectivity index (χ2n) is 5.65. The Hall–Kier alpha value is -1.98. The monoisotopic (exact) mass is 274 g/mol. The summed E-state index contributed by atoms with van der Waals surface area (Å²) in [5.41, 5.74) is 0.109. The number of carbonyl (C=O) groups is 2. The second kappa shape index (κ2) is 5.19. The van der Waals surface area contributed by atoms with Crippen molar-refractivity contribution in [3.8, 4) is 0 Å². The summed E-state index contributed by atoms with van der Waals surface area (Å²) in [4.78, 5) is 31.8. The van der Waals surface area contributed by atoms with Crippen LogP contribution in [0.15, 0.2) is 18.6 Å². The van der Waals surface area contributed by atoms with Crippen molar-refractivity contribution in [3.63, 3.8) is 0 Å². The first-order valence-corrected chi connectivity index (χ1v) is 7.05. The fourth-order valence-corrected chi connectivity index (χ4v) is 3.32. The lowest BCUT2D eigenvalue weighted by Gasteiger charge is -2.36. The number of rotatable bonds is 2. The number of carbonyl (C=O) groups excluding carboxylic acids is 2. The van der Waals surface area contributed by atoms with Gasteiger partial charge in [-0.3, -0.25) is 9.59 Å². The van der Waals surface area contributed by atoms with Crippen LogP contribution < -0.4 is 10.6 Å². The van der Waals surface area contributed by atoms with Gasteiger partial charge in [-0.25, -0.2) is 9.97 Å². The Kier molecular flexibility index (Phi) is 3.38. The number of hydrogen-bond acceptors (Lipinski definition) is 4. The van der Waals surface area contributed by atoms with E-state index in [-0.39, 0.29) is 23.3 Å². The Balaban J connectivity index is 1.66. The van der Waals surface area contributed by atoms with Crippen LogP contribution in [0.25, 0.3) is 0 Å². The van der Waals surface area contributed by atoms with E-state index in [2.05, 4.69) is 20.6 Å². The van der Waals surface area contributed by atoms with E-state index in [1.807, 2.05) is 0 Å². The third-order valence-corrected chi connectivity index (χ3v) is 4.37. The van der Waals surface area contributed by atoms with Crippen molar-refractivity contribution in [2.45, 2.75) is 38.1 Å². The number of amides is 2. The second-order valence-corrected chi connectivity index (χ2v) is 5.65. The maximum absolute atomic E-state index is 12.1. The Labute approximate surface area is 117 Å². The van der Waals surface area contributed by atoms with Gasteiger partial charge in [0.15, 0.2) is 0 Å². The summed E-state index contributed by atoms with van der Waals surface area (Å²) in [7, 11) is 0. The zero-order chi connectivity index (χ0) is 14.0. The van der Waals surface area contributed by atoms with Crippen LogP contribution in [0, 0.1) is 5.41 Å². The maximum Gasteiger partial charge on any atom is 0.270 e. The van der Waals surface area contributed by atoms with Crippen LogP contribution >= 0.6 is 0 Å². The molecule has 1 aromatic heterocycles. The molecule has 0 radical (unpaired) electrons. The third kappa shape index (κ3) is 2.37. The molecule has 2 heterocycles. The molecule has 6 heteroatoms. The summed E-state index contributed by atoms with van der Waals surface area (Å²) >= 11 is 0. The van der Waals surface area contributed by atoms with Crippen LogP contribution in [0.5, 0.6) is 0 Å². The van der Waals surface area contributed by atoms with Crippen molar-refractivity contribution in [1.29, 1.82) is 0 Å². The molecule has 2 fully saturated rings. The van der Waals surface area contributed by atoms with Gasteiger partial charge in [-0.05, 0) is 31.7 Å². The van der Waals surface area contributed by atoms with Gasteiger partial charge in [-0.15, -0.1) is 0 Å². The van der Waals surface area contributed by atoms with Crippen molar-refractivity contribution in [3.05, 3.63) is 24.3 Å².